The van der Waals surface area contributed by atoms with Gasteiger partial charge in [-0.15, -0.1) is 0 Å². The number of aryl methyl sites for hydroxylation is 1. The first-order valence-electron chi connectivity index (χ1n) is 10.0. The molecular formula is C24H20ClF3N2O3S. The number of nitrogens with zero attached hydrogens (tertiary/aromatic N) is 2. The van der Waals surface area contributed by atoms with Crippen molar-refractivity contribution in [2.75, 3.05) is 0 Å². The van der Waals surface area contributed by atoms with Crippen LogP contribution in [0.5, 0.6) is 0 Å². The van der Waals surface area contributed by atoms with Gasteiger partial charge in [0.25, 0.3) is 0 Å². The second-order valence-electron chi connectivity index (χ2n) is 7.09. The van der Waals surface area contributed by atoms with Crippen LogP contribution in [0.25, 0.3) is 22.0 Å². The molecule has 1 heterocycles. The molecule has 5 nitrogen and oxygen atoms in total. The van der Waals surface area contributed by atoms with E-state index in [0.717, 1.165) is 33.5 Å². The summed E-state index contributed by atoms with van der Waals surface area (Å²) >= 11 is 6.19. The zero-order chi connectivity index (χ0) is 24.9. The van der Waals surface area contributed by atoms with Crippen molar-refractivity contribution in [1.29, 1.82) is 0 Å². The van der Waals surface area contributed by atoms with Crippen LogP contribution in [0, 0.1) is 0 Å². The minimum absolute atomic E-state index is 0.740. The lowest BCUT2D eigenvalue weighted by Crippen LogP contribution is -2.21. The standard InChI is InChI=1S/C23H19ClN2.CHF3O3S/c1-2-26-15-14-22(21-13-10-19(24)16-23(21)26)25-20-11-8-18(9-12-20)17-6-4-3-5-7-17;2-1(3,4)8(5,6)7/h3-16H,2H2,1H3;(H,5,6,7). The molecule has 0 radical (unpaired) electrons. The Balaban J connectivity index is 0.000000350. The number of hydrogen-bond acceptors (Lipinski definition) is 3. The Labute approximate surface area is 199 Å². The van der Waals surface area contributed by atoms with E-state index in [9.17, 15) is 13.2 Å². The SMILES string of the molecule is CCn1ccc(=Nc2ccc(-c3ccccc3)cc2)c2ccc(Cl)cc21.O=S(=O)(O)C(F)(F)F. The van der Waals surface area contributed by atoms with Gasteiger partial charge in [-0.05, 0) is 54.4 Å². The summed E-state index contributed by atoms with van der Waals surface area (Å²) in [6.45, 7) is 3.02. The van der Waals surface area contributed by atoms with Crippen LogP contribution in [-0.2, 0) is 16.7 Å². The van der Waals surface area contributed by atoms with Gasteiger partial charge < -0.3 is 4.57 Å². The van der Waals surface area contributed by atoms with E-state index < -0.39 is 15.6 Å². The van der Waals surface area contributed by atoms with Gasteiger partial charge in [-0.25, -0.2) is 4.99 Å². The number of alkyl halides is 3. The Hall–Kier alpha value is -3.14. The molecule has 4 rings (SSSR count). The lowest BCUT2D eigenvalue weighted by Gasteiger charge is -2.09. The van der Waals surface area contributed by atoms with Crippen LogP contribution in [-0.4, -0.2) is 23.0 Å². The van der Waals surface area contributed by atoms with Crippen LogP contribution >= 0.6 is 11.6 Å². The molecule has 1 aromatic heterocycles. The molecular weight excluding hydrogens is 489 g/mol. The third-order valence-electron chi connectivity index (χ3n) is 4.81. The van der Waals surface area contributed by atoms with Crippen LogP contribution < -0.4 is 5.36 Å². The van der Waals surface area contributed by atoms with Crippen LogP contribution in [0.2, 0.25) is 5.02 Å². The van der Waals surface area contributed by atoms with Gasteiger partial charge in [0.05, 0.1) is 16.6 Å². The maximum atomic E-state index is 10.7. The zero-order valence-electron chi connectivity index (χ0n) is 17.9. The highest BCUT2D eigenvalue weighted by atomic mass is 35.5. The number of benzene rings is 3. The van der Waals surface area contributed by atoms with Gasteiger partial charge >= 0.3 is 15.6 Å². The van der Waals surface area contributed by atoms with Crippen molar-refractivity contribution in [3.63, 3.8) is 0 Å². The third-order valence-corrected chi connectivity index (χ3v) is 5.63. The molecule has 0 aliphatic carbocycles. The van der Waals surface area contributed by atoms with Crippen LogP contribution in [0.4, 0.5) is 18.9 Å². The molecule has 10 heteroatoms. The fourth-order valence-corrected chi connectivity index (χ4v) is 3.33. The molecule has 0 bridgehead atoms. The number of halogens is 4. The molecule has 0 fully saturated rings. The highest BCUT2D eigenvalue weighted by Gasteiger charge is 2.44. The van der Waals surface area contributed by atoms with Crippen molar-refractivity contribution in [3.05, 3.63) is 95.4 Å². The van der Waals surface area contributed by atoms with E-state index >= 15 is 0 Å². The average Bonchev–Trinajstić information content (AvgIpc) is 2.79. The van der Waals surface area contributed by atoms with Gasteiger partial charge in [-0.2, -0.15) is 21.6 Å². The lowest BCUT2D eigenvalue weighted by atomic mass is 10.1. The monoisotopic (exact) mass is 508 g/mol. The van der Waals surface area contributed by atoms with Gasteiger partial charge in [0.1, 0.15) is 0 Å². The molecule has 178 valence electrons. The van der Waals surface area contributed by atoms with E-state index in [1.54, 1.807) is 0 Å². The predicted octanol–water partition coefficient (Wildman–Crippen LogP) is 6.61. The van der Waals surface area contributed by atoms with E-state index in [1.165, 1.54) is 11.1 Å². The second-order valence-corrected chi connectivity index (χ2v) is 8.94. The second kappa shape index (κ2) is 10.4. The summed E-state index contributed by atoms with van der Waals surface area (Å²) in [5, 5.41) is 2.80. The molecule has 0 saturated carbocycles. The topological polar surface area (TPSA) is 71.7 Å². The molecule has 0 amide bonds. The summed E-state index contributed by atoms with van der Waals surface area (Å²) in [5.74, 6) is 0. The molecule has 3 aromatic carbocycles. The summed E-state index contributed by atoms with van der Waals surface area (Å²) in [6.07, 6.45) is 2.07. The Morgan fingerprint density at radius 1 is 0.941 bits per heavy atom. The smallest absolute Gasteiger partial charge is 0.348 e. The average molecular weight is 509 g/mol. The molecule has 0 unspecified atom stereocenters. The third kappa shape index (κ3) is 6.25. The van der Waals surface area contributed by atoms with E-state index in [2.05, 4.69) is 72.3 Å². The van der Waals surface area contributed by atoms with E-state index in [-0.39, 0.29) is 0 Å². The van der Waals surface area contributed by atoms with Gasteiger partial charge in [0.2, 0.25) is 0 Å². The molecule has 0 aliphatic rings. The maximum Gasteiger partial charge on any atom is 0.522 e. The van der Waals surface area contributed by atoms with E-state index in [0.29, 0.717) is 0 Å². The van der Waals surface area contributed by atoms with E-state index in [4.69, 9.17) is 29.6 Å². The zero-order valence-corrected chi connectivity index (χ0v) is 19.4. The van der Waals surface area contributed by atoms with Gasteiger partial charge in [-0.3, -0.25) is 4.55 Å². The van der Waals surface area contributed by atoms with Crippen molar-refractivity contribution < 1.29 is 26.1 Å². The highest BCUT2D eigenvalue weighted by molar-refractivity contribution is 7.86. The first-order chi connectivity index (χ1) is 16.0. The molecule has 4 aromatic rings. The molecule has 1 N–H and O–H groups in total. The highest BCUT2D eigenvalue weighted by Crippen LogP contribution is 2.23. The summed E-state index contributed by atoms with van der Waals surface area (Å²) in [7, 11) is -5.84. The van der Waals surface area contributed by atoms with Crippen molar-refractivity contribution in [1.82, 2.24) is 4.57 Å². The Bertz CT molecular complexity index is 1450. The summed E-state index contributed by atoms with van der Waals surface area (Å²) < 4.78 is 59.7. The molecule has 0 spiro atoms. The molecule has 0 atom stereocenters. The van der Waals surface area contributed by atoms with Crippen molar-refractivity contribution >= 4 is 38.3 Å². The maximum absolute atomic E-state index is 10.7. The van der Waals surface area contributed by atoms with Crippen LogP contribution in [0.1, 0.15) is 6.92 Å². The predicted molar refractivity (Wildman–Crippen MR) is 127 cm³/mol. The Kier molecular flexibility index (Phi) is 7.81. The van der Waals surface area contributed by atoms with E-state index in [1.807, 2.05) is 24.3 Å². The first kappa shape index (κ1) is 25.5. The molecule has 0 saturated heterocycles. The number of pyridine rings is 1. The first-order valence-corrected chi connectivity index (χ1v) is 11.8. The fraction of sp³-hybridized carbons (Fsp3) is 0.125. The van der Waals surface area contributed by atoms with Crippen molar-refractivity contribution in [2.45, 2.75) is 19.0 Å². The van der Waals surface area contributed by atoms with Gasteiger partial charge in [0.15, 0.2) is 0 Å². The molecule has 34 heavy (non-hydrogen) atoms. The number of hydrogen-bond donors (Lipinski definition) is 1. The molecule has 0 aliphatic heterocycles. The minimum Gasteiger partial charge on any atom is -0.348 e. The quantitative estimate of drug-likeness (QED) is 0.250. The van der Waals surface area contributed by atoms with Crippen LogP contribution in [0.15, 0.2) is 90.1 Å². The van der Waals surface area contributed by atoms with Crippen molar-refractivity contribution in [3.8, 4) is 11.1 Å². The normalized spacial score (nSPS) is 12.4. The summed E-state index contributed by atoms with van der Waals surface area (Å²) in [6, 6.07) is 26.7. The Morgan fingerprint density at radius 3 is 2.09 bits per heavy atom. The minimum atomic E-state index is -5.84. The van der Waals surface area contributed by atoms with Crippen molar-refractivity contribution in [2.24, 2.45) is 4.99 Å². The number of rotatable bonds is 3. The summed E-state index contributed by atoms with van der Waals surface area (Å²) in [4.78, 5) is 4.85. The number of aromatic nitrogens is 1. The van der Waals surface area contributed by atoms with Crippen LogP contribution in [0.3, 0.4) is 0 Å². The fourth-order valence-electron chi connectivity index (χ4n) is 3.16. The largest absolute Gasteiger partial charge is 0.522 e. The van der Waals surface area contributed by atoms with Gasteiger partial charge in [-0.1, -0.05) is 54.1 Å². The van der Waals surface area contributed by atoms with Gasteiger partial charge in [0, 0.05) is 23.2 Å². The lowest BCUT2D eigenvalue weighted by molar-refractivity contribution is -0.0510. The summed E-state index contributed by atoms with van der Waals surface area (Å²) in [5.41, 5.74) is -1.09. The Morgan fingerprint density at radius 2 is 1.53 bits per heavy atom. The number of fused-ring (bicyclic) bond motifs is 1.